The van der Waals surface area contributed by atoms with Crippen LogP contribution in [0.1, 0.15) is 39.4 Å². The molecule has 4 heteroatoms. The molecular weight excluding hydrogens is 284 g/mol. The van der Waals surface area contributed by atoms with Gasteiger partial charge in [-0.3, -0.25) is 4.79 Å². The first-order chi connectivity index (χ1) is 9.91. The highest BCUT2D eigenvalue weighted by molar-refractivity contribution is 6.31. The van der Waals surface area contributed by atoms with Crippen molar-refractivity contribution in [1.29, 1.82) is 0 Å². The van der Waals surface area contributed by atoms with E-state index in [9.17, 15) is 4.79 Å². The Labute approximate surface area is 129 Å². The number of rotatable bonds is 3. The minimum Gasteiger partial charge on any atom is -0.310 e. The Kier molecular flexibility index (Phi) is 3.56. The largest absolute Gasteiger partial charge is 0.310 e. The maximum atomic E-state index is 12.1. The van der Waals surface area contributed by atoms with E-state index < -0.39 is 0 Å². The Morgan fingerprint density at radius 2 is 2.14 bits per heavy atom. The molecule has 2 atom stereocenters. The lowest BCUT2D eigenvalue weighted by atomic mass is 9.53. The van der Waals surface area contributed by atoms with Crippen molar-refractivity contribution >= 4 is 22.5 Å². The molecule has 112 valence electrons. The minimum absolute atomic E-state index is 0.0733. The van der Waals surface area contributed by atoms with Crippen LogP contribution >= 0.6 is 11.6 Å². The van der Waals surface area contributed by atoms with Crippen LogP contribution in [0.3, 0.4) is 0 Å². The van der Waals surface area contributed by atoms with Gasteiger partial charge in [-0.25, -0.2) is 4.98 Å². The van der Waals surface area contributed by atoms with Gasteiger partial charge in [-0.1, -0.05) is 38.8 Å². The third-order valence-corrected chi connectivity index (χ3v) is 5.56. The van der Waals surface area contributed by atoms with Crippen LogP contribution < -0.4 is 5.56 Å². The topological polar surface area (TPSA) is 45.8 Å². The molecule has 0 radical (unpaired) electrons. The summed E-state index contributed by atoms with van der Waals surface area (Å²) in [5, 5.41) is 1.21. The normalized spacial score (nSPS) is 24.0. The number of fused-ring (bicyclic) bond motifs is 1. The predicted molar refractivity (Wildman–Crippen MR) is 86.7 cm³/mol. The van der Waals surface area contributed by atoms with Crippen molar-refractivity contribution in [3.8, 4) is 0 Å². The lowest BCUT2D eigenvalue weighted by Gasteiger charge is -2.52. The first-order valence-corrected chi connectivity index (χ1v) is 7.98. The summed E-state index contributed by atoms with van der Waals surface area (Å²) in [6, 6.07) is 5.21. The highest BCUT2D eigenvalue weighted by Crippen LogP contribution is 2.53. The molecule has 1 N–H and O–H groups in total. The van der Waals surface area contributed by atoms with Crippen molar-refractivity contribution in [2.24, 2.45) is 17.3 Å². The van der Waals surface area contributed by atoms with E-state index in [2.05, 4.69) is 30.7 Å². The van der Waals surface area contributed by atoms with E-state index in [0.29, 0.717) is 27.3 Å². The zero-order valence-corrected chi connectivity index (χ0v) is 13.5. The Balaban J connectivity index is 1.90. The van der Waals surface area contributed by atoms with Gasteiger partial charge in [0.25, 0.3) is 5.56 Å². The standard InChI is InChI=1S/C17H21ClN2O/c1-4-10-7-11(17(10,2)3)8-15-19-14-9-12(18)5-6-13(14)16(21)20-15/h5-6,9-11H,4,7-8H2,1-3H3,(H,19,20,21). The van der Waals surface area contributed by atoms with Crippen molar-refractivity contribution in [3.63, 3.8) is 0 Å². The van der Waals surface area contributed by atoms with Crippen molar-refractivity contribution in [2.45, 2.75) is 40.0 Å². The molecule has 2 unspecified atom stereocenters. The monoisotopic (exact) mass is 304 g/mol. The van der Waals surface area contributed by atoms with Crippen LogP contribution in [0.15, 0.2) is 23.0 Å². The fourth-order valence-corrected chi connectivity index (χ4v) is 3.82. The van der Waals surface area contributed by atoms with E-state index in [1.165, 1.54) is 12.8 Å². The Hall–Kier alpha value is -1.35. The number of aromatic nitrogens is 2. The number of benzene rings is 1. The van der Waals surface area contributed by atoms with Crippen LogP contribution in [0.25, 0.3) is 10.9 Å². The number of hydrogen-bond acceptors (Lipinski definition) is 2. The van der Waals surface area contributed by atoms with Gasteiger partial charge in [0.15, 0.2) is 0 Å². The van der Waals surface area contributed by atoms with Crippen LogP contribution in [0.5, 0.6) is 0 Å². The molecule has 1 aliphatic rings. The first kappa shape index (κ1) is 14.6. The van der Waals surface area contributed by atoms with Gasteiger partial charge in [0, 0.05) is 11.4 Å². The van der Waals surface area contributed by atoms with Crippen LogP contribution in [0.4, 0.5) is 0 Å². The Morgan fingerprint density at radius 1 is 1.38 bits per heavy atom. The lowest BCUT2D eigenvalue weighted by molar-refractivity contribution is -0.0229. The molecule has 3 nitrogen and oxygen atoms in total. The molecule has 0 amide bonds. The molecule has 1 saturated carbocycles. The van der Waals surface area contributed by atoms with Gasteiger partial charge in [0.2, 0.25) is 0 Å². The van der Waals surface area contributed by atoms with E-state index >= 15 is 0 Å². The molecule has 21 heavy (non-hydrogen) atoms. The summed E-state index contributed by atoms with van der Waals surface area (Å²) < 4.78 is 0. The number of aromatic amines is 1. The molecule has 1 fully saturated rings. The molecule has 0 spiro atoms. The number of H-pyrrole nitrogens is 1. The zero-order chi connectivity index (χ0) is 15.2. The second-order valence-electron chi connectivity index (χ2n) is 6.74. The van der Waals surface area contributed by atoms with Gasteiger partial charge in [-0.2, -0.15) is 0 Å². The van der Waals surface area contributed by atoms with Gasteiger partial charge >= 0.3 is 0 Å². The van der Waals surface area contributed by atoms with E-state index in [0.717, 1.165) is 18.2 Å². The molecule has 0 saturated heterocycles. The molecule has 1 aromatic heterocycles. The molecule has 1 aliphatic carbocycles. The van der Waals surface area contributed by atoms with Crippen LogP contribution in [0.2, 0.25) is 5.02 Å². The van der Waals surface area contributed by atoms with Gasteiger partial charge in [0.1, 0.15) is 5.82 Å². The van der Waals surface area contributed by atoms with Gasteiger partial charge in [0.05, 0.1) is 10.9 Å². The third kappa shape index (κ3) is 2.48. The Bertz CT molecular complexity index is 735. The van der Waals surface area contributed by atoms with Crippen LogP contribution in [-0.4, -0.2) is 9.97 Å². The van der Waals surface area contributed by atoms with Crippen molar-refractivity contribution in [2.75, 3.05) is 0 Å². The van der Waals surface area contributed by atoms with Crippen LogP contribution in [-0.2, 0) is 6.42 Å². The van der Waals surface area contributed by atoms with Crippen LogP contribution in [0, 0.1) is 17.3 Å². The highest BCUT2D eigenvalue weighted by atomic mass is 35.5. The summed E-state index contributed by atoms with van der Waals surface area (Å²) in [7, 11) is 0. The van der Waals surface area contributed by atoms with Crippen molar-refractivity contribution in [1.82, 2.24) is 9.97 Å². The number of nitrogens with zero attached hydrogens (tertiary/aromatic N) is 1. The van der Waals surface area contributed by atoms with E-state index in [1.807, 2.05) is 0 Å². The van der Waals surface area contributed by atoms with Crippen molar-refractivity contribution in [3.05, 3.63) is 39.4 Å². The van der Waals surface area contributed by atoms with Gasteiger partial charge in [-0.15, -0.1) is 0 Å². The molecular formula is C17H21ClN2O. The van der Waals surface area contributed by atoms with E-state index in [1.54, 1.807) is 18.2 Å². The minimum atomic E-state index is -0.0733. The Morgan fingerprint density at radius 3 is 2.81 bits per heavy atom. The predicted octanol–water partition coefficient (Wildman–Crippen LogP) is 4.19. The van der Waals surface area contributed by atoms with E-state index in [-0.39, 0.29) is 5.56 Å². The summed E-state index contributed by atoms with van der Waals surface area (Å²) in [4.78, 5) is 19.7. The first-order valence-electron chi connectivity index (χ1n) is 7.60. The number of nitrogens with one attached hydrogen (secondary N) is 1. The zero-order valence-electron chi connectivity index (χ0n) is 12.7. The summed E-state index contributed by atoms with van der Waals surface area (Å²) in [5.74, 6) is 2.15. The molecule has 3 rings (SSSR count). The molecule has 2 aromatic rings. The second kappa shape index (κ2) is 5.13. The smallest absolute Gasteiger partial charge is 0.258 e. The average Bonchev–Trinajstić information content (AvgIpc) is 2.42. The highest BCUT2D eigenvalue weighted by Gasteiger charge is 2.46. The fraction of sp³-hybridized carbons (Fsp3) is 0.529. The molecule has 1 heterocycles. The third-order valence-electron chi connectivity index (χ3n) is 5.32. The summed E-state index contributed by atoms with van der Waals surface area (Å²) in [6.45, 7) is 6.90. The maximum Gasteiger partial charge on any atom is 0.258 e. The van der Waals surface area contributed by atoms with Gasteiger partial charge < -0.3 is 4.98 Å². The summed E-state index contributed by atoms with van der Waals surface area (Å²) >= 11 is 6.00. The second-order valence-corrected chi connectivity index (χ2v) is 7.17. The summed E-state index contributed by atoms with van der Waals surface area (Å²) in [5.41, 5.74) is 0.942. The fourth-order valence-electron chi connectivity index (χ4n) is 3.65. The quantitative estimate of drug-likeness (QED) is 0.924. The summed E-state index contributed by atoms with van der Waals surface area (Å²) in [6.07, 6.45) is 3.28. The molecule has 1 aromatic carbocycles. The van der Waals surface area contributed by atoms with E-state index in [4.69, 9.17) is 11.6 Å². The molecule has 0 aliphatic heterocycles. The average molecular weight is 305 g/mol. The number of halogens is 1. The van der Waals surface area contributed by atoms with Crippen molar-refractivity contribution < 1.29 is 0 Å². The SMILES string of the molecule is CCC1CC(Cc2nc3cc(Cl)ccc3c(=O)[nH]2)C1(C)C. The number of hydrogen-bond donors (Lipinski definition) is 1. The molecule has 0 bridgehead atoms. The maximum absolute atomic E-state index is 12.1. The van der Waals surface area contributed by atoms with Gasteiger partial charge in [-0.05, 0) is 41.9 Å². The lowest BCUT2D eigenvalue weighted by Crippen LogP contribution is -2.45.